The molecule has 1 saturated carbocycles. The first-order valence-corrected chi connectivity index (χ1v) is 6.85. The Morgan fingerprint density at radius 2 is 2.00 bits per heavy atom. The van der Waals surface area contributed by atoms with Crippen LogP contribution in [0.1, 0.15) is 38.5 Å². The second-order valence-electron chi connectivity index (χ2n) is 5.10. The highest BCUT2D eigenvalue weighted by atomic mass is 16.2. The van der Waals surface area contributed by atoms with Gasteiger partial charge in [-0.3, -0.25) is 9.69 Å². The Kier molecular flexibility index (Phi) is 7.21. The maximum atomic E-state index is 11.8. The van der Waals surface area contributed by atoms with Crippen LogP contribution < -0.4 is 10.6 Å². The number of hydrogen-bond donors (Lipinski definition) is 2. The maximum Gasteiger partial charge on any atom is 0.234 e. The van der Waals surface area contributed by atoms with Gasteiger partial charge in [-0.1, -0.05) is 19.3 Å². The first-order chi connectivity index (χ1) is 8.22. The Bertz CT molecular complexity index is 215. The summed E-state index contributed by atoms with van der Waals surface area (Å²) in [5, 5.41) is 6.26. The first kappa shape index (κ1) is 14.5. The predicted octanol–water partition coefficient (Wildman–Crippen LogP) is 0.977. The van der Waals surface area contributed by atoms with Crippen LogP contribution >= 0.6 is 0 Å². The molecule has 0 unspecified atom stereocenters. The minimum absolute atomic E-state index is 0.184. The highest BCUT2D eigenvalue weighted by Gasteiger charge is 2.16. The van der Waals surface area contributed by atoms with Gasteiger partial charge in [0, 0.05) is 6.04 Å². The largest absolute Gasteiger partial charge is 0.352 e. The van der Waals surface area contributed by atoms with Crippen molar-refractivity contribution in [1.29, 1.82) is 0 Å². The summed E-state index contributed by atoms with van der Waals surface area (Å²) in [6.45, 7) is 2.51. The Hall–Kier alpha value is -0.610. The average molecular weight is 241 g/mol. The molecule has 100 valence electrons. The van der Waals surface area contributed by atoms with E-state index >= 15 is 0 Å². The summed E-state index contributed by atoms with van der Waals surface area (Å²) >= 11 is 0. The zero-order valence-corrected chi connectivity index (χ0v) is 11.3. The van der Waals surface area contributed by atoms with Gasteiger partial charge in [0.15, 0.2) is 0 Å². The third-order valence-electron chi connectivity index (χ3n) is 3.35. The van der Waals surface area contributed by atoms with E-state index in [2.05, 4.69) is 15.5 Å². The number of hydrogen-bond acceptors (Lipinski definition) is 3. The first-order valence-electron chi connectivity index (χ1n) is 6.85. The van der Waals surface area contributed by atoms with Crippen LogP contribution in [0, 0.1) is 0 Å². The van der Waals surface area contributed by atoms with Crippen molar-refractivity contribution in [2.45, 2.75) is 44.6 Å². The zero-order chi connectivity index (χ0) is 12.5. The van der Waals surface area contributed by atoms with Crippen LogP contribution in [0.5, 0.6) is 0 Å². The smallest absolute Gasteiger partial charge is 0.234 e. The number of nitrogens with one attached hydrogen (secondary N) is 2. The van der Waals surface area contributed by atoms with E-state index in [0.717, 1.165) is 32.4 Å². The van der Waals surface area contributed by atoms with Crippen molar-refractivity contribution < 1.29 is 4.79 Å². The Balaban J connectivity index is 2.10. The summed E-state index contributed by atoms with van der Waals surface area (Å²) in [5.74, 6) is 0.184. The Labute approximate surface area is 105 Å². The molecular formula is C13H27N3O. The van der Waals surface area contributed by atoms with Gasteiger partial charge in [-0.25, -0.2) is 0 Å². The van der Waals surface area contributed by atoms with Gasteiger partial charge in [0.2, 0.25) is 5.91 Å². The number of rotatable bonds is 7. The standard InChI is InChI=1S/C13H27N3O/c1-14-9-6-10-16(2)11-13(17)15-12-7-4-3-5-8-12/h12,14H,3-11H2,1-2H3,(H,15,17). The molecule has 1 aliphatic carbocycles. The summed E-state index contributed by atoms with van der Waals surface area (Å²) < 4.78 is 0. The molecule has 1 amide bonds. The van der Waals surface area contributed by atoms with E-state index in [1.807, 2.05) is 14.1 Å². The summed E-state index contributed by atoms with van der Waals surface area (Å²) in [7, 11) is 3.96. The van der Waals surface area contributed by atoms with Crippen LogP contribution in [0.3, 0.4) is 0 Å². The zero-order valence-electron chi connectivity index (χ0n) is 11.3. The molecule has 0 aliphatic heterocycles. The number of carbonyl (C=O) groups excluding carboxylic acids is 1. The lowest BCUT2D eigenvalue weighted by Gasteiger charge is -2.24. The predicted molar refractivity (Wildman–Crippen MR) is 71.1 cm³/mol. The van der Waals surface area contributed by atoms with E-state index in [-0.39, 0.29) is 5.91 Å². The van der Waals surface area contributed by atoms with Gasteiger partial charge in [-0.15, -0.1) is 0 Å². The lowest BCUT2D eigenvalue weighted by molar-refractivity contribution is -0.122. The van der Waals surface area contributed by atoms with Gasteiger partial charge in [0.1, 0.15) is 0 Å². The topological polar surface area (TPSA) is 44.4 Å². The molecule has 4 heteroatoms. The van der Waals surface area contributed by atoms with E-state index in [9.17, 15) is 4.79 Å². The summed E-state index contributed by atoms with van der Waals surface area (Å²) in [5.41, 5.74) is 0. The van der Waals surface area contributed by atoms with Crippen LogP contribution in [-0.4, -0.2) is 50.6 Å². The average Bonchev–Trinajstić information content (AvgIpc) is 2.30. The quantitative estimate of drug-likeness (QED) is 0.653. The molecule has 0 bridgehead atoms. The summed E-state index contributed by atoms with van der Waals surface area (Å²) in [4.78, 5) is 13.9. The third kappa shape index (κ3) is 6.64. The minimum atomic E-state index is 0.184. The van der Waals surface area contributed by atoms with Crippen molar-refractivity contribution in [3.05, 3.63) is 0 Å². The monoisotopic (exact) mass is 241 g/mol. The van der Waals surface area contributed by atoms with Gasteiger partial charge in [0.05, 0.1) is 6.54 Å². The van der Waals surface area contributed by atoms with Gasteiger partial charge >= 0.3 is 0 Å². The lowest BCUT2D eigenvalue weighted by atomic mass is 9.95. The van der Waals surface area contributed by atoms with E-state index in [0.29, 0.717) is 12.6 Å². The molecular weight excluding hydrogens is 214 g/mol. The van der Waals surface area contributed by atoms with Crippen molar-refractivity contribution >= 4 is 5.91 Å². The molecule has 1 aliphatic rings. The maximum absolute atomic E-state index is 11.8. The van der Waals surface area contributed by atoms with Crippen LogP contribution in [0.4, 0.5) is 0 Å². The summed E-state index contributed by atoms with van der Waals surface area (Å²) in [6, 6.07) is 0.432. The number of likely N-dealkylation sites (N-methyl/N-ethyl adjacent to an activating group) is 1. The lowest BCUT2D eigenvalue weighted by Crippen LogP contribution is -2.42. The fourth-order valence-corrected chi connectivity index (χ4v) is 2.37. The fraction of sp³-hybridized carbons (Fsp3) is 0.923. The molecule has 17 heavy (non-hydrogen) atoms. The molecule has 0 aromatic rings. The molecule has 2 N–H and O–H groups in total. The van der Waals surface area contributed by atoms with Crippen molar-refractivity contribution in [2.75, 3.05) is 33.7 Å². The van der Waals surface area contributed by atoms with Crippen molar-refractivity contribution in [1.82, 2.24) is 15.5 Å². The highest BCUT2D eigenvalue weighted by molar-refractivity contribution is 5.78. The second-order valence-corrected chi connectivity index (χ2v) is 5.10. The van der Waals surface area contributed by atoms with Crippen molar-refractivity contribution in [3.63, 3.8) is 0 Å². The molecule has 0 radical (unpaired) electrons. The second kappa shape index (κ2) is 8.48. The van der Waals surface area contributed by atoms with Crippen molar-refractivity contribution in [2.24, 2.45) is 0 Å². The molecule has 0 atom stereocenters. The minimum Gasteiger partial charge on any atom is -0.352 e. The van der Waals surface area contributed by atoms with Crippen LogP contribution in [-0.2, 0) is 4.79 Å². The van der Waals surface area contributed by atoms with Crippen molar-refractivity contribution in [3.8, 4) is 0 Å². The fourth-order valence-electron chi connectivity index (χ4n) is 2.37. The third-order valence-corrected chi connectivity index (χ3v) is 3.35. The summed E-state index contributed by atoms with van der Waals surface area (Å²) in [6.07, 6.45) is 7.27. The van der Waals surface area contributed by atoms with Gasteiger partial charge < -0.3 is 10.6 Å². The molecule has 0 spiro atoms. The van der Waals surface area contributed by atoms with E-state index < -0.39 is 0 Å². The van der Waals surface area contributed by atoms with Crippen LogP contribution in [0.2, 0.25) is 0 Å². The normalized spacial score (nSPS) is 17.4. The number of carbonyl (C=O) groups is 1. The van der Waals surface area contributed by atoms with E-state index in [1.54, 1.807) is 0 Å². The van der Waals surface area contributed by atoms with Crippen LogP contribution in [0.15, 0.2) is 0 Å². The van der Waals surface area contributed by atoms with Gasteiger partial charge in [0.25, 0.3) is 0 Å². The Morgan fingerprint density at radius 3 is 2.65 bits per heavy atom. The molecule has 1 fully saturated rings. The molecule has 0 aromatic heterocycles. The van der Waals surface area contributed by atoms with Gasteiger partial charge in [-0.2, -0.15) is 0 Å². The molecule has 1 rings (SSSR count). The Morgan fingerprint density at radius 1 is 1.29 bits per heavy atom. The molecule has 0 heterocycles. The molecule has 4 nitrogen and oxygen atoms in total. The number of nitrogens with zero attached hydrogens (tertiary/aromatic N) is 1. The van der Waals surface area contributed by atoms with E-state index in [1.165, 1.54) is 19.3 Å². The molecule has 0 aromatic carbocycles. The van der Waals surface area contributed by atoms with E-state index in [4.69, 9.17) is 0 Å². The molecule has 0 saturated heterocycles. The SMILES string of the molecule is CNCCCN(C)CC(=O)NC1CCCCC1. The van der Waals surface area contributed by atoms with Gasteiger partial charge in [-0.05, 0) is 46.4 Å². The van der Waals surface area contributed by atoms with Crippen LogP contribution in [0.25, 0.3) is 0 Å². The number of amides is 1. The highest BCUT2D eigenvalue weighted by Crippen LogP contribution is 2.17.